The number of ether oxygens (including phenoxy) is 1. The Morgan fingerprint density at radius 3 is 2.75 bits per heavy atom. The Morgan fingerprint density at radius 1 is 1.09 bits per heavy atom. The van der Waals surface area contributed by atoms with Gasteiger partial charge in [0.25, 0.3) is 0 Å². The molecule has 0 bridgehead atoms. The smallest absolute Gasteiger partial charge is 0.335 e. The second-order valence-electron chi connectivity index (χ2n) is 8.29. The van der Waals surface area contributed by atoms with E-state index in [9.17, 15) is 14.7 Å². The summed E-state index contributed by atoms with van der Waals surface area (Å²) in [4.78, 5) is 26.2. The summed E-state index contributed by atoms with van der Waals surface area (Å²) in [7, 11) is 2.04. The molecule has 32 heavy (non-hydrogen) atoms. The van der Waals surface area contributed by atoms with Gasteiger partial charge in [-0.2, -0.15) is 0 Å². The van der Waals surface area contributed by atoms with Gasteiger partial charge in [0.1, 0.15) is 5.75 Å². The summed E-state index contributed by atoms with van der Waals surface area (Å²) >= 11 is 0. The molecule has 1 aliphatic heterocycles. The molecule has 0 atom stereocenters. The minimum atomic E-state index is -0.981. The van der Waals surface area contributed by atoms with Crippen LogP contribution in [0.15, 0.2) is 48.5 Å². The Bertz CT molecular complexity index is 1120. The first-order chi connectivity index (χ1) is 15.5. The van der Waals surface area contributed by atoms with E-state index in [1.165, 1.54) is 0 Å². The summed E-state index contributed by atoms with van der Waals surface area (Å²) in [6, 6.07) is 15.3. The molecule has 2 aromatic carbocycles. The highest BCUT2D eigenvalue weighted by molar-refractivity contribution is 5.88. The molecule has 0 unspecified atom stereocenters. The van der Waals surface area contributed by atoms with Crippen LogP contribution in [0.1, 0.15) is 40.9 Å². The Hall–Kier alpha value is -3.32. The standard InChI is InChI=1S/C25H29N3O4/c1-27-21(13-18-7-3-4-8-22(18)27)16-28-15-20-10-9-19(25(30)31)14-23(20)32-12-6-2-5-11-26-24(29)17-28/h3-4,7-10,13-14H,2,5-6,11-12,15-17H2,1H3,(H,26,29)(H,30,31). The van der Waals surface area contributed by atoms with E-state index in [0.717, 1.165) is 41.4 Å². The first-order valence-electron chi connectivity index (χ1n) is 11.0. The number of hydrogen-bond donors (Lipinski definition) is 2. The molecule has 168 valence electrons. The zero-order chi connectivity index (χ0) is 22.5. The third kappa shape index (κ3) is 5.11. The summed E-state index contributed by atoms with van der Waals surface area (Å²) < 4.78 is 8.14. The van der Waals surface area contributed by atoms with E-state index in [1.807, 2.05) is 19.2 Å². The van der Waals surface area contributed by atoms with E-state index in [2.05, 4.69) is 33.0 Å². The molecule has 3 aromatic rings. The molecule has 1 aliphatic rings. The minimum absolute atomic E-state index is 0.00682. The fraction of sp³-hybridized carbons (Fsp3) is 0.360. The predicted octanol–water partition coefficient (Wildman–Crippen LogP) is 3.56. The SMILES string of the molecule is Cn1c(CN2CC(=O)NCCCCCOc3cc(C(=O)O)ccc3C2)cc2ccccc21. The lowest BCUT2D eigenvalue weighted by Crippen LogP contribution is -2.37. The van der Waals surface area contributed by atoms with Crippen molar-refractivity contribution in [1.82, 2.24) is 14.8 Å². The number of aromatic carboxylic acids is 1. The van der Waals surface area contributed by atoms with E-state index in [1.54, 1.807) is 18.2 Å². The van der Waals surface area contributed by atoms with Gasteiger partial charge in [-0.3, -0.25) is 9.69 Å². The van der Waals surface area contributed by atoms with Crippen LogP contribution in [0.4, 0.5) is 0 Å². The molecule has 7 heteroatoms. The maximum absolute atomic E-state index is 12.6. The van der Waals surface area contributed by atoms with Gasteiger partial charge in [0, 0.05) is 43.5 Å². The van der Waals surface area contributed by atoms with Crippen LogP contribution in [0.25, 0.3) is 10.9 Å². The molecule has 0 radical (unpaired) electrons. The monoisotopic (exact) mass is 435 g/mol. The molecular formula is C25H29N3O4. The van der Waals surface area contributed by atoms with Gasteiger partial charge in [-0.1, -0.05) is 24.3 Å². The first kappa shape index (κ1) is 21.9. The molecule has 1 amide bonds. The fourth-order valence-corrected chi connectivity index (χ4v) is 4.16. The Morgan fingerprint density at radius 2 is 1.94 bits per heavy atom. The number of rotatable bonds is 3. The van der Waals surface area contributed by atoms with Crippen LogP contribution in [0.3, 0.4) is 0 Å². The van der Waals surface area contributed by atoms with Crippen LogP contribution in [-0.2, 0) is 24.9 Å². The lowest BCUT2D eigenvalue weighted by Gasteiger charge is -2.23. The van der Waals surface area contributed by atoms with Gasteiger partial charge in [-0.25, -0.2) is 4.79 Å². The summed E-state index contributed by atoms with van der Waals surface area (Å²) in [6.45, 7) is 2.48. The summed E-state index contributed by atoms with van der Waals surface area (Å²) in [5, 5.41) is 13.6. The highest BCUT2D eigenvalue weighted by Crippen LogP contribution is 2.25. The van der Waals surface area contributed by atoms with Gasteiger partial charge in [0.2, 0.25) is 5.91 Å². The number of carbonyl (C=O) groups excluding carboxylic acids is 1. The zero-order valence-corrected chi connectivity index (χ0v) is 18.3. The predicted molar refractivity (Wildman–Crippen MR) is 123 cm³/mol. The number of benzene rings is 2. The Balaban J connectivity index is 1.65. The molecule has 0 saturated carbocycles. The maximum atomic E-state index is 12.6. The molecule has 1 aromatic heterocycles. The number of aromatic nitrogens is 1. The number of fused-ring (bicyclic) bond motifs is 2. The topological polar surface area (TPSA) is 83.8 Å². The largest absolute Gasteiger partial charge is 0.493 e. The van der Waals surface area contributed by atoms with Gasteiger partial charge in [-0.15, -0.1) is 0 Å². The van der Waals surface area contributed by atoms with E-state index in [4.69, 9.17) is 4.74 Å². The molecule has 4 rings (SSSR count). The average molecular weight is 436 g/mol. The maximum Gasteiger partial charge on any atom is 0.335 e. The van der Waals surface area contributed by atoms with Crippen LogP contribution in [-0.4, -0.2) is 46.1 Å². The molecule has 7 nitrogen and oxygen atoms in total. The summed E-state index contributed by atoms with van der Waals surface area (Å²) in [5.74, 6) is -0.412. The molecule has 2 heterocycles. The number of amides is 1. The van der Waals surface area contributed by atoms with Crippen LogP contribution in [0, 0.1) is 0 Å². The van der Waals surface area contributed by atoms with E-state index >= 15 is 0 Å². The number of carboxylic acids is 1. The van der Waals surface area contributed by atoms with Crippen LogP contribution in [0.5, 0.6) is 5.75 Å². The van der Waals surface area contributed by atoms with Crippen molar-refractivity contribution < 1.29 is 19.4 Å². The van der Waals surface area contributed by atoms with Crippen molar-refractivity contribution in [2.45, 2.75) is 32.4 Å². The lowest BCUT2D eigenvalue weighted by molar-refractivity contribution is -0.122. The van der Waals surface area contributed by atoms with Crippen LogP contribution >= 0.6 is 0 Å². The van der Waals surface area contributed by atoms with E-state index in [-0.39, 0.29) is 18.0 Å². The molecule has 0 spiro atoms. The number of carbonyl (C=O) groups is 2. The van der Waals surface area contributed by atoms with Gasteiger partial charge >= 0.3 is 5.97 Å². The fourth-order valence-electron chi connectivity index (χ4n) is 4.16. The van der Waals surface area contributed by atoms with Crippen molar-refractivity contribution in [3.63, 3.8) is 0 Å². The lowest BCUT2D eigenvalue weighted by atomic mass is 10.1. The Kier molecular flexibility index (Phi) is 6.75. The van der Waals surface area contributed by atoms with Crippen molar-refractivity contribution in [2.24, 2.45) is 7.05 Å². The zero-order valence-electron chi connectivity index (χ0n) is 18.3. The van der Waals surface area contributed by atoms with Crippen LogP contribution < -0.4 is 10.1 Å². The van der Waals surface area contributed by atoms with Crippen molar-refractivity contribution >= 4 is 22.8 Å². The Labute approximate surface area is 187 Å². The van der Waals surface area contributed by atoms with Crippen molar-refractivity contribution in [3.05, 3.63) is 65.4 Å². The number of nitrogens with zero attached hydrogens (tertiary/aromatic N) is 2. The van der Waals surface area contributed by atoms with Gasteiger partial charge < -0.3 is 19.7 Å². The molecule has 0 aliphatic carbocycles. The van der Waals surface area contributed by atoms with Crippen molar-refractivity contribution in [3.8, 4) is 5.75 Å². The van der Waals surface area contributed by atoms with Gasteiger partial charge in [0.05, 0.1) is 18.7 Å². The quantitative estimate of drug-likeness (QED) is 0.657. The third-order valence-electron chi connectivity index (χ3n) is 5.91. The number of para-hydroxylation sites is 1. The van der Waals surface area contributed by atoms with Crippen molar-refractivity contribution in [1.29, 1.82) is 0 Å². The highest BCUT2D eigenvalue weighted by Gasteiger charge is 2.18. The normalized spacial score (nSPS) is 16.2. The third-order valence-corrected chi connectivity index (χ3v) is 5.91. The molecule has 0 fully saturated rings. The second-order valence-corrected chi connectivity index (χ2v) is 8.29. The average Bonchev–Trinajstić information content (AvgIpc) is 3.09. The number of hydrogen-bond acceptors (Lipinski definition) is 4. The molecule has 2 N–H and O–H groups in total. The molecule has 0 saturated heterocycles. The minimum Gasteiger partial charge on any atom is -0.493 e. The molecular weight excluding hydrogens is 406 g/mol. The summed E-state index contributed by atoms with van der Waals surface area (Å²) in [5.41, 5.74) is 3.33. The van der Waals surface area contributed by atoms with Gasteiger partial charge in [0.15, 0.2) is 0 Å². The second kappa shape index (κ2) is 9.87. The number of aryl methyl sites for hydroxylation is 1. The van der Waals surface area contributed by atoms with Crippen LogP contribution in [0.2, 0.25) is 0 Å². The summed E-state index contributed by atoms with van der Waals surface area (Å²) in [6.07, 6.45) is 2.68. The van der Waals surface area contributed by atoms with E-state index in [0.29, 0.717) is 32.0 Å². The van der Waals surface area contributed by atoms with Crippen molar-refractivity contribution in [2.75, 3.05) is 19.7 Å². The van der Waals surface area contributed by atoms with E-state index < -0.39 is 5.97 Å². The highest BCUT2D eigenvalue weighted by atomic mass is 16.5. The number of carboxylic acid groups (broad SMARTS) is 1. The van der Waals surface area contributed by atoms with Gasteiger partial charge in [-0.05, 0) is 48.9 Å². The number of nitrogens with one attached hydrogen (secondary N) is 1. The first-order valence-corrected chi connectivity index (χ1v) is 11.0.